The van der Waals surface area contributed by atoms with E-state index in [-0.39, 0.29) is 36.7 Å². The van der Waals surface area contributed by atoms with E-state index in [4.69, 9.17) is 9.26 Å². The molecule has 0 unspecified atom stereocenters. The van der Waals surface area contributed by atoms with Crippen molar-refractivity contribution in [3.63, 3.8) is 0 Å². The summed E-state index contributed by atoms with van der Waals surface area (Å²) in [6.45, 7) is 2.20. The highest BCUT2D eigenvalue weighted by atomic mass is 19.1. The molecule has 192 valence electrons. The first-order valence-electron chi connectivity index (χ1n) is 11.9. The highest BCUT2D eigenvalue weighted by Gasteiger charge is 2.62. The SMILES string of the molecule is C[C@@H]1OCCN2c3c(cc4c(-n5cc(-c6ccncn6)cn5)noc4c3F)CC3(C(=O)NC(=O)NC3=O)[C@@H]12. The number of ether oxygens (including phenoxy) is 1. The number of benzene rings is 1. The minimum absolute atomic E-state index is 0.0839. The molecule has 0 bridgehead atoms. The molecule has 2 atom stereocenters. The van der Waals surface area contributed by atoms with Crippen molar-refractivity contribution in [2.45, 2.75) is 25.5 Å². The second-order valence-electron chi connectivity index (χ2n) is 9.45. The maximum atomic E-state index is 16.1. The van der Waals surface area contributed by atoms with Crippen molar-refractivity contribution in [2.75, 3.05) is 18.1 Å². The number of halogens is 1. The molecule has 14 heteroatoms. The van der Waals surface area contributed by atoms with E-state index in [2.05, 4.69) is 30.9 Å². The van der Waals surface area contributed by atoms with Crippen LogP contribution in [0.2, 0.25) is 0 Å². The van der Waals surface area contributed by atoms with Gasteiger partial charge >= 0.3 is 6.03 Å². The van der Waals surface area contributed by atoms with Gasteiger partial charge < -0.3 is 14.2 Å². The summed E-state index contributed by atoms with van der Waals surface area (Å²) in [5.41, 5.74) is 0.134. The smallest absolute Gasteiger partial charge is 0.328 e. The second kappa shape index (κ2) is 7.89. The van der Waals surface area contributed by atoms with Crippen molar-refractivity contribution in [1.82, 2.24) is 35.5 Å². The Balaban J connectivity index is 1.40. The number of hydrogen-bond acceptors (Lipinski definition) is 10. The van der Waals surface area contributed by atoms with Crippen LogP contribution in [0.25, 0.3) is 28.0 Å². The summed E-state index contributed by atoms with van der Waals surface area (Å²) in [6.07, 6.45) is 5.51. The van der Waals surface area contributed by atoms with Gasteiger partial charge in [0.15, 0.2) is 11.2 Å². The molecule has 4 aromatic rings. The van der Waals surface area contributed by atoms with Gasteiger partial charge in [0, 0.05) is 30.9 Å². The normalized spacial score (nSPS) is 22.3. The monoisotopic (exact) mass is 518 g/mol. The minimum atomic E-state index is -1.72. The van der Waals surface area contributed by atoms with Crippen molar-refractivity contribution in [3.05, 3.63) is 48.4 Å². The number of nitrogens with one attached hydrogen (secondary N) is 2. The molecule has 0 saturated carbocycles. The number of rotatable bonds is 2. The van der Waals surface area contributed by atoms with Crippen molar-refractivity contribution in [1.29, 1.82) is 0 Å². The third-order valence-electron chi connectivity index (χ3n) is 7.44. The Morgan fingerprint density at radius 2 is 2.03 bits per heavy atom. The highest BCUT2D eigenvalue weighted by molar-refractivity contribution is 6.20. The zero-order valence-electron chi connectivity index (χ0n) is 19.8. The Labute approximate surface area is 212 Å². The van der Waals surface area contributed by atoms with Crippen LogP contribution in [-0.4, -0.2) is 68.0 Å². The molecule has 4 amide bonds. The van der Waals surface area contributed by atoms with Gasteiger partial charge in [0.2, 0.25) is 23.2 Å². The molecule has 13 nitrogen and oxygen atoms in total. The van der Waals surface area contributed by atoms with Crippen molar-refractivity contribution < 1.29 is 28.0 Å². The summed E-state index contributed by atoms with van der Waals surface area (Å²) in [5.74, 6) is -1.95. The number of imide groups is 2. The number of amides is 4. The number of carbonyl (C=O) groups is 3. The molecule has 3 aliphatic heterocycles. The molecule has 7 rings (SSSR count). The van der Waals surface area contributed by atoms with Crippen LogP contribution in [0.1, 0.15) is 12.5 Å². The molecule has 1 spiro atoms. The van der Waals surface area contributed by atoms with Gasteiger partial charge in [-0.3, -0.25) is 20.2 Å². The van der Waals surface area contributed by atoms with E-state index in [1.54, 1.807) is 42.5 Å². The number of hydrogen-bond donors (Lipinski definition) is 2. The zero-order valence-corrected chi connectivity index (χ0v) is 19.8. The second-order valence-corrected chi connectivity index (χ2v) is 9.45. The molecular formula is C24H19FN8O5. The Hall–Kier alpha value is -4.72. The number of fused-ring (bicyclic) bond motifs is 5. The lowest BCUT2D eigenvalue weighted by Crippen LogP contribution is -2.74. The largest absolute Gasteiger partial charge is 0.374 e. The Morgan fingerprint density at radius 3 is 2.79 bits per heavy atom. The lowest BCUT2D eigenvalue weighted by molar-refractivity contribution is -0.151. The van der Waals surface area contributed by atoms with Gasteiger partial charge in [-0.25, -0.2) is 23.8 Å². The van der Waals surface area contributed by atoms with E-state index < -0.39 is 41.2 Å². The van der Waals surface area contributed by atoms with E-state index in [1.165, 1.54) is 11.0 Å². The fourth-order valence-electron chi connectivity index (χ4n) is 5.85. The van der Waals surface area contributed by atoms with E-state index in [9.17, 15) is 14.4 Å². The van der Waals surface area contributed by atoms with Gasteiger partial charge in [0.25, 0.3) is 0 Å². The average molecular weight is 518 g/mol. The van der Waals surface area contributed by atoms with E-state index in [0.717, 1.165) is 0 Å². The first-order valence-corrected chi connectivity index (χ1v) is 11.9. The molecule has 1 aromatic carbocycles. The summed E-state index contributed by atoms with van der Waals surface area (Å²) in [4.78, 5) is 48.3. The molecule has 3 aromatic heterocycles. The molecule has 6 heterocycles. The van der Waals surface area contributed by atoms with Crippen LogP contribution in [0.15, 0.2) is 41.6 Å². The van der Waals surface area contributed by atoms with Crippen LogP contribution in [0, 0.1) is 11.2 Å². The van der Waals surface area contributed by atoms with Crippen LogP contribution in [-0.2, 0) is 20.7 Å². The number of urea groups is 1. The predicted octanol–water partition coefficient (Wildman–Crippen LogP) is 1.11. The number of barbiturate groups is 1. The first-order chi connectivity index (χ1) is 18.4. The van der Waals surface area contributed by atoms with Crippen LogP contribution < -0.4 is 15.5 Å². The van der Waals surface area contributed by atoms with Gasteiger partial charge in [-0.15, -0.1) is 0 Å². The summed E-state index contributed by atoms with van der Waals surface area (Å²) in [7, 11) is 0. The van der Waals surface area contributed by atoms with E-state index >= 15 is 4.39 Å². The number of carbonyl (C=O) groups excluding carboxylic acids is 3. The lowest BCUT2D eigenvalue weighted by atomic mass is 9.66. The fraction of sp³-hybridized carbons (Fsp3) is 0.292. The average Bonchev–Trinajstić information content (AvgIpc) is 3.55. The molecule has 2 saturated heterocycles. The van der Waals surface area contributed by atoms with E-state index in [0.29, 0.717) is 22.2 Å². The quantitative estimate of drug-likeness (QED) is 0.368. The van der Waals surface area contributed by atoms with Gasteiger partial charge in [-0.1, -0.05) is 5.16 Å². The minimum Gasteiger partial charge on any atom is -0.374 e. The topological polar surface area (TPSA) is 157 Å². The lowest BCUT2D eigenvalue weighted by Gasteiger charge is -2.54. The molecule has 2 N–H and O–H groups in total. The third-order valence-corrected chi connectivity index (χ3v) is 7.44. The Kier molecular flexibility index (Phi) is 4.67. The zero-order chi connectivity index (χ0) is 26.2. The maximum Gasteiger partial charge on any atom is 0.328 e. The van der Waals surface area contributed by atoms with Crippen molar-refractivity contribution >= 4 is 34.5 Å². The van der Waals surface area contributed by atoms with Crippen molar-refractivity contribution in [3.8, 4) is 17.1 Å². The van der Waals surface area contributed by atoms with E-state index in [1.807, 2.05) is 0 Å². The van der Waals surface area contributed by atoms with Gasteiger partial charge in [0.05, 0.1) is 41.7 Å². The van der Waals surface area contributed by atoms with Crippen LogP contribution >= 0.6 is 0 Å². The molecular weight excluding hydrogens is 499 g/mol. The predicted molar refractivity (Wildman–Crippen MR) is 126 cm³/mol. The van der Waals surface area contributed by atoms with Crippen LogP contribution in [0.5, 0.6) is 0 Å². The third kappa shape index (κ3) is 2.97. The molecule has 0 aliphatic carbocycles. The highest BCUT2D eigenvalue weighted by Crippen LogP contribution is 2.48. The van der Waals surface area contributed by atoms with Gasteiger partial charge in [-0.05, 0) is 24.6 Å². The number of morpholine rings is 1. The summed E-state index contributed by atoms with van der Waals surface area (Å²) in [5, 5.41) is 13.1. The van der Waals surface area contributed by atoms with Gasteiger partial charge in [0.1, 0.15) is 6.33 Å². The maximum absolute atomic E-state index is 16.1. The molecule has 38 heavy (non-hydrogen) atoms. The Morgan fingerprint density at radius 1 is 1.21 bits per heavy atom. The molecule has 2 fully saturated rings. The van der Waals surface area contributed by atoms with Gasteiger partial charge in [-0.2, -0.15) is 5.10 Å². The summed E-state index contributed by atoms with van der Waals surface area (Å²) >= 11 is 0. The number of anilines is 1. The summed E-state index contributed by atoms with van der Waals surface area (Å²) in [6, 6.07) is 1.63. The molecule has 0 radical (unpaired) electrons. The summed E-state index contributed by atoms with van der Waals surface area (Å²) < 4.78 is 28.8. The number of aromatic nitrogens is 5. The Bertz CT molecular complexity index is 1630. The van der Waals surface area contributed by atoms with Crippen molar-refractivity contribution in [2.24, 2.45) is 5.41 Å². The first kappa shape index (κ1) is 22.5. The van der Waals surface area contributed by atoms with Crippen LogP contribution in [0.3, 0.4) is 0 Å². The standard InChI is InChI=1S/C24H19FN8O5/c1-11-19-24(21(34)29-23(36)30-22(24)35)7-12-6-14-18(16(25)17(12)32(19)4-5-37-11)38-31-20(14)33-9-13(8-28-33)15-2-3-26-10-27-15/h2-3,6,8-11,19H,4-5,7H2,1H3,(H2,29,30,34,35,36)/t11-,19+/m0/s1. The fourth-order valence-corrected chi connectivity index (χ4v) is 5.85. The number of nitrogens with zero attached hydrogens (tertiary/aromatic N) is 6. The van der Waals surface area contributed by atoms with Crippen LogP contribution in [0.4, 0.5) is 14.9 Å². The molecule has 3 aliphatic rings.